The number of hydrogen-bond acceptors (Lipinski definition) is 5. The first-order valence-electron chi connectivity index (χ1n) is 11.1. The molecule has 1 aromatic carbocycles. The van der Waals surface area contributed by atoms with E-state index in [0.717, 1.165) is 28.0 Å². The fourth-order valence-electron chi connectivity index (χ4n) is 3.57. The van der Waals surface area contributed by atoms with Crippen LogP contribution in [0.15, 0.2) is 48.0 Å². The first-order valence-corrected chi connectivity index (χ1v) is 13.2. The van der Waals surface area contributed by atoms with Crippen LogP contribution in [0.2, 0.25) is 0 Å². The number of carbonyl (C=O) groups excluding carboxylic acids is 1. The van der Waals surface area contributed by atoms with Crippen LogP contribution < -0.4 is 5.32 Å². The number of hydrogen-bond donors (Lipinski definition) is 1. The highest BCUT2D eigenvalue weighted by atomic mass is 32.2. The summed E-state index contributed by atoms with van der Waals surface area (Å²) in [6, 6.07) is 11.5. The first kappa shape index (κ1) is 25.9. The van der Waals surface area contributed by atoms with Gasteiger partial charge < -0.3 is 9.47 Å². The van der Waals surface area contributed by atoms with E-state index in [4.69, 9.17) is 9.47 Å². The van der Waals surface area contributed by atoms with Crippen molar-refractivity contribution in [2.24, 2.45) is 0 Å². The third-order valence-corrected chi connectivity index (χ3v) is 6.45. The predicted octanol–water partition coefficient (Wildman–Crippen LogP) is 5.50. The van der Waals surface area contributed by atoms with E-state index in [1.807, 2.05) is 36.4 Å². The Morgan fingerprint density at radius 3 is 2.21 bits per heavy atom. The number of aromatic nitrogens is 1. The van der Waals surface area contributed by atoms with Gasteiger partial charge in [-0.05, 0) is 61.3 Å². The van der Waals surface area contributed by atoms with Crippen molar-refractivity contribution in [3.8, 4) is 11.1 Å². The standard InChI is InChI=1S/C26H33FN2O4S/c1-25(2,3)33-24(30)29-26(4,5)32-23(13-14-27)19-9-7-18(8-10-19)20-11-12-22(28-15-20)21-16-34(6,31)17-21/h7-12,15-17,23H,13-14H2,1-6H3,(H,29,30). The fraction of sp³-hybridized carbons (Fsp3) is 0.423. The highest BCUT2D eigenvalue weighted by Gasteiger charge is 2.29. The molecule has 1 amide bonds. The van der Waals surface area contributed by atoms with E-state index in [9.17, 15) is 13.4 Å². The molecule has 3 rings (SSSR count). The van der Waals surface area contributed by atoms with Gasteiger partial charge in [0.2, 0.25) is 0 Å². The molecule has 2 heterocycles. The van der Waals surface area contributed by atoms with Crippen molar-refractivity contribution < 1.29 is 22.9 Å². The number of amides is 1. The van der Waals surface area contributed by atoms with Gasteiger partial charge in [-0.1, -0.05) is 30.3 Å². The smallest absolute Gasteiger partial charge is 0.409 e. The van der Waals surface area contributed by atoms with Crippen molar-refractivity contribution in [1.82, 2.24) is 10.3 Å². The average Bonchev–Trinajstić information content (AvgIpc) is 2.70. The maximum absolute atomic E-state index is 13.3. The second-order valence-electron chi connectivity index (χ2n) is 9.93. The number of allylic oxidation sites excluding steroid dienone is 1. The van der Waals surface area contributed by atoms with Crippen molar-refractivity contribution in [3.05, 3.63) is 59.3 Å². The molecule has 0 saturated carbocycles. The molecule has 0 saturated heterocycles. The van der Waals surface area contributed by atoms with Gasteiger partial charge in [-0.15, -0.1) is 0 Å². The Kier molecular flexibility index (Phi) is 7.53. The molecular formula is C26H33FN2O4S. The minimum absolute atomic E-state index is 0.154. The predicted molar refractivity (Wildman–Crippen MR) is 136 cm³/mol. The number of halogens is 1. The van der Waals surface area contributed by atoms with Gasteiger partial charge in [-0.25, -0.2) is 4.79 Å². The Hall–Kier alpha value is -2.71. The minimum Gasteiger partial charge on any atom is -0.444 e. The number of nitrogens with zero attached hydrogens (tertiary/aromatic N) is 1. The van der Waals surface area contributed by atoms with Gasteiger partial charge in [-0.2, -0.15) is 0 Å². The van der Waals surface area contributed by atoms with Gasteiger partial charge in [0, 0.05) is 40.8 Å². The van der Waals surface area contributed by atoms with Gasteiger partial charge in [0.15, 0.2) is 0 Å². The minimum atomic E-state index is -1.93. The summed E-state index contributed by atoms with van der Waals surface area (Å²) in [5, 5.41) is 6.19. The van der Waals surface area contributed by atoms with Gasteiger partial charge in [0.1, 0.15) is 11.3 Å². The van der Waals surface area contributed by atoms with Crippen LogP contribution in [0.1, 0.15) is 58.4 Å². The van der Waals surface area contributed by atoms with Gasteiger partial charge in [-0.3, -0.25) is 18.9 Å². The van der Waals surface area contributed by atoms with Crippen LogP contribution in [0.25, 0.3) is 16.7 Å². The maximum Gasteiger partial charge on any atom is 0.409 e. The number of ether oxygens (including phenoxy) is 2. The molecule has 1 N–H and O–H groups in total. The molecule has 0 spiro atoms. The summed E-state index contributed by atoms with van der Waals surface area (Å²) in [5.41, 5.74) is 2.68. The number of nitrogens with one attached hydrogen (secondary N) is 1. The molecule has 0 aliphatic carbocycles. The number of alkyl carbamates (subject to hydrolysis) is 1. The van der Waals surface area contributed by atoms with Gasteiger partial charge >= 0.3 is 6.09 Å². The highest BCUT2D eigenvalue weighted by Crippen LogP contribution is 2.29. The lowest BCUT2D eigenvalue weighted by Gasteiger charge is -2.32. The van der Waals surface area contributed by atoms with Gasteiger partial charge in [0.25, 0.3) is 0 Å². The van der Waals surface area contributed by atoms with E-state index in [1.165, 1.54) is 0 Å². The average molecular weight is 489 g/mol. The molecule has 8 heteroatoms. The number of carbonyl (C=O) groups is 1. The van der Waals surface area contributed by atoms with Crippen molar-refractivity contribution >= 4 is 26.6 Å². The second kappa shape index (κ2) is 9.88. The van der Waals surface area contributed by atoms with Crippen molar-refractivity contribution in [2.75, 3.05) is 12.9 Å². The second-order valence-corrected chi connectivity index (χ2v) is 12.3. The third kappa shape index (κ3) is 7.14. The van der Waals surface area contributed by atoms with Crippen molar-refractivity contribution in [1.29, 1.82) is 0 Å². The lowest BCUT2D eigenvalue weighted by atomic mass is 10.0. The molecule has 0 bridgehead atoms. The van der Waals surface area contributed by atoms with Crippen LogP contribution in [-0.2, 0) is 19.0 Å². The van der Waals surface area contributed by atoms with E-state index in [2.05, 4.69) is 10.3 Å². The molecule has 0 radical (unpaired) electrons. The number of alkyl halides is 1. The monoisotopic (exact) mass is 488 g/mol. The van der Waals surface area contributed by atoms with Crippen molar-refractivity contribution in [2.45, 2.75) is 58.5 Å². The summed E-state index contributed by atoms with van der Waals surface area (Å²) in [7, 11) is -1.93. The Morgan fingerprint density at radius 2 is 1.71 bits per heavy atom. The maximum atomic E-state index is 13.3. The molecule has 2 atom stereocenters. The van der Waals surface area contributed by atoms with Crippen molar-refractivity contribution in [3.63, 3.8) is 0 Å². The van der Waals surface area contributed by atoms with E-state index in [0.29, 0.717) is 0 Å². The summed E-state index contributed by atoms with van der Waals surface area (Å²) < 4.78 is 36.5. The summed E-state index contributed by atoms with van der Waals surface area (Å²) >= 11 is 0. The van der Waals surface area contributed by atoms with Crippen LogP contribution in [-0.4, -0.2) is 44.9 Å². The topological polar surface area (TPSA) is 77.5 Å². The normalized spacial score (nSPS) is 18.9. The molecule has 34 heavy (non-hydrogen) atoms. The zero-order valence-electron chi connectivity index (χ0n) is 20.6. The Bertz CT molecular complexity index is 1170. The molecule has 2 unspecified atom stereocenters. The van der Waals surface area contributed by atoms with Crippen LogP contribution in [0.5, 0.6) is 0 Å². The number of rotatable bonds is 8. The summed E-state index contributed by atoms with van der Waals surface area (Å²) in [6.07, 6.45) is 2.48. The first-order chi connectivity index (χ1) is 15.8. The van der Waals surface area contributed by atoms with Crippen LogP contribution in [0.3, 0.4) is 0 Å². The zero-order valence-corrected chi connectivity index (χ0v) is 21.4. The Balaban J connectivity index is 1.69. The summed E-state index contributed by atoms with van der Waals surface area (Å²) in [5.74, 6) is 0. The van der Waals surface area contributed by atoms with E-state index in [1.54, 1.807) is 57.8 Å². The van der Waals surface area contributed by atoms with Gasteiger partial charge in [0.05, 0.1) is 18.5 Å². The lowest BCUT2D eigenvalue weighted by Crippen LogP contribution is -2.48. The molecule has 2 aromatic rings. The summed E-state index contributed by atoms with van der Waals surface area (Å²) in [4.78, 5) is 16.6. The third-order valence-electron chi connectivity index (χ3n) is 5.01. The van der Waals surface area contributed by atoms with Crippen LogP contribution in [0.4, 0.5) is 9.18 Å². The molecule has 184 valence electrons. The van der Waals surface area contributed by atoms with E-state index in [-0.39, 0.29) is 6.42 Å². The number of benzene rings is 1. The van der Waals surface area contributed by atoms with Crippen LogP contribution >= 0.6 is 0 Å². The SMILES string of the molecule is CC(C)(C)OC(=O)NC(C)(C)OC(CCF)c1ccc(-c2ccc(C3=CS(C)(=O)=C3)nc2)cc1. The summed E-state index contributed by atoms with van der Waals surface area (Å²) in [6.45, 7) is 8.19. The molecule has 0 fully saturated rings. The Labute approximate surface area is 201 Å². The molecular weight excluding hydrogens is 455 g/mol. The molecule has 1 aliphatic heterocycles. The van der Waals surface area contributed by atoms with E-state index >= 15 is 0 Å². The molecule has 1 aliphatic rings. The lowest BCUT2D eigenvalue weighted by molar-refractivity contribution is -0.0979. The quantitative estimate of drug-likeness (QED) is 0.392. The zero-order chi connectivity index (χ0) is 25.1. The fourth-order valence-corrected chi connectivity index (χ4v) is 4.80. The Morgan fingerprint density at radius 1 is 1.09 bits per heavy atom. The van der Waals surface area contributed by atoms with E-state index < -0.39 is 39.7 Å². The highest BCUT2D eigenvalue weighted by molar-refractivity contribution is 8.06. The van der Waals surface area contributed by atoms with Crippen LogP contribution in [0, 0.1) is 0 Å². The largest absolute Gasteiger partial charge is 0.444 e. The molecule has 6 nitrogen and oxygen atoms in total. The number of pyridine rings is 1. The molecule has 1 aromatic heterocycles.